The summed E-state index contributed by atoms with van der Waals surface area (Å²) >= 11 is 0. The zero-order valence-electron chi connectivity index (χ0n) is 7.35. The Morgan fingerprint density at radius 2 is 1.85 bits per heavy atom. The number of benzene rings is 1. The van der Waals surface area contributed by atoms with Crippen molar-refractivity contribution in [3.63, 3.8) is 0 Å². The maximum absolute atomic E-state index is 10.6. The maximum atomic E-state index is 10.6. The van der Waals surface area contributed by atoms with Crippen LogP contribution in [-0.4, -0.2) is 20.1 Å². The number of rotatable bonds is 2. The Morgan fingerprint density at radius 1 is 1.31 bits per heavy atom. The molecule has 0 fully saturated rings. The molecular formula is C7H7LiO4S. The molecule has 66 valence electrons. The third-order valence-electron chi connectivity index (χ3n) is 1.34. The molecule has 0 radical (unpaired) electrons. The molecule has 0 spiro atoms. The predicted molar refractivity (Wildman–Crippen MR) is 41.0 cm³/mol. The normalized spacial score (nSPS) is 10.3. The van der Waals surface area contributed by atoms with Gasteiger partial charge in [-0.25, -0.2) is 8.42 Å². The largest absolute Gasteiger partial charge is 1.00 e. The second kappa shape index (κ2) is 4.68. The van der Waals surface area contributed by atoms with Gasteiger partial charge >= 0.3 is 18.9 Å². The van der Waals surface area contributed by atoms with Crippen molar-refractivity contribution < 1.29 is 36.6 Å². The van der Waals surface area contributed by atoms with Gasteiger partial charge < -0.3 is 9.29 Å². The van der Waals surface area contributed by atoms with Crippen molar-refractivity contribution >= 4 is 10.1 Å². The van der Waals surface area contributed by atoms with Crippen molar-refractivity contribution in [3.8, 4) is 5.75 Å². The molecule has 0 aliphatic carbocycles. The first-order chi connectivity index (χ1) is 5.55. The van der Waals surface area contributed by atoms with E-state index in [-0.39, 0.29) is 29.5 Å². The molecule has 0 atom stereocenters. The first kappa shape index (κ1) is 12.5. The van der Waals surface area contributed by atoms with E-state index in [1.165, 1.54) is 25.3 Å². The first-order valence-corrected chi connectivity index (χ1v) is 4.55. The fourth-order valence-corrected chi connectivity index (χ4v) is 1.47. The average Bonchev–Trinajstić information content (AvgIpc) is 2.03. The fraction of sp³-hybridized carbons (Fsp3) is 0.143. The van der Waals surface area contributed by atoms with Crippen LogP contribution in [0.1, 0.15) is 0 Å². The Morgan fingerprint density at radius 3 is 2.23 bits per heavy atom. The molecule has 0 bridgehead atoms. The number of methoxy groups -OCH3 is 1. The molecule has 0 aromatic heterocycles. The van der Waals surface area contributed by atoms with Crippen molar-refractivity contribution in [3.05, 3.63) is 24.3 Å². The molecule has 1 rings (SSSR count). The van der Waals surface area contributed by atoms with Crippen LogP contribution in [0.15, 0.2) is 29.2 Å². The minimum Gasteiger partial charge on any atom is -0.744 e. The van der Waals surface area contributed by atoms with Crippen LogP contribution >= 0.6 is 0 Å². The summed E-state index contributed by atoms with van der Waals surface area (Å²) in [7, 11) is -3.11. The van der Waals surface area contributed by atoms with Crippen LogP contribution in [0.3, 0.4) is 0 Å². The van der Waals surface area contributed by atoms with Crippen LogP contribution in [-0.2, 0) is 10.1 Å². The number of ether oxygens (including phenoxy) is 1. The summed E-state index contributed by atoms with van der Waals surface area (Å²) in [6, 6.07) is 5.69. The van der Waals surface area contributed by atoms with Gasteiger partial charge in [0.05, 0.1) is 12.0 Å². The second-order valence-corrected chi connectivity index (χ2v) is 3.45. The van der Waals surface area contributed by atoms with Crippen LogP contribution in [0.4, 0.5) is 0 Å². The van der Waals surface area contributed by atoms with Crippen molar-refractivity contribution in [2.45, 2.75) is 4.90 Å². The Balaban J connectivity index is 0.00000144. The van der Waals surface area contributed by atoms with Gasteiger partial charge in [-0.15, -0.1) is 0 Å². The molecule has 0 heterocycles. The van der Waals surface area contributed by atoms with E-state index in [0.717, 1.165) is 0 Å². The zero-order valence-corrected chi connectivity index (χ0v) is 8.17. The maximum Gasteiger partial charge on any atom is 1.00 e. The molecule has 0 amide bonds. The summed E-state index contributed by atoms with van der Waals surface area (Å²) in [6.45, 7) is 0. The quantitative estimate of drug-likeness (QED) is 0.389. The third-order valence-corrected chi connectivity index (χ3v) is 2.21. The topological polar surface area (TPSA) is 66.4 Å². The average molecular weight is 194 g/mol. The smallest absolute Gasteiger partial charge is 0.744 e. The summed E-state index contributed by atoms with van der Waals surface area (Å²) < 4.78 is 36.4. The van der Waals surface area contributed by atoms with Gasteiger partial charge in [0.15, 0.2) is 0 Å². The first-order valence-electron chi connectivity index (χ1n) is 3.14. The molecule has 0 unspecified atom stereocenters. The SMILES string of the molecule is COc1ccccc1S(=O)(=O)[O-].[Li+]. The van der Waals surface area contributed by atoms with Crippen LogP contribution in [0, 0.1) is 0 Å². The summed E-state index contributed by atoms with van der Waals surface area (Å²) in [6.07, 6.45) is 0. The zero-order chi connectivity index (χ0) is 9.19. The van der Waals surface area contributed by atoms with E-state index in [0.29, 0.717) is 0 Å². The summed E-state index contributed by atoms with van der Waals surface area (Å²) in [5, 5.41) is 0. The standard InChI is InChI=1S/C7H8O4S.Li/c1-11-6-4-2-3-5-7(6)12(8,9)10;/h2-5H,1H3,(H,8,9,10);/q;+1/p-1. The van der Waals surface area contributed by atoms with Gasteiger partial charge in [-0.05, 0) is 12.1 Å². The second-order valence-electron chi connectivity index (χ2n) is 2.10. The molecule has 0 saturated heterocycles. The van der Waals surface area contributed by atoms with Gasteiger partial charge in [-0.1, -0.05) is 12.1 Å². The molecule has 0 N–H and O–H groups in total. The van der Waals surface area contributed by atoms with Crippen LogP contribution in [0.5, 0.6) is 5.75 Å². The summed E-state index contributed by atoms with van der Waals surface area (Å²) in [5.41, 5.74) is 0. The Bertz CT molecular complexity index is 374. The van der Waals surface area contributed by atoms with E-state index in [2.05, 4.69) is 0 Å². The summed E-state index contributed by atoms with van der Waals surface area (Å²) in [5.74, 6) is 0.0764. The van der Waals surface area contributed by atoms with E-state index < -0.39 is 10.1 Å². The van der Waals surface area contributed by atoms with E-state index in [9.17, 15) is 13.0 Å². The van der Waals surface area contributed by atoms with Crippen LogP contribution < -0.4 is 23.6 Å². The van der Waals surface area contributed by atoms with E-state index in [1.54, 1.807) is 6.07 Å². The predicted octanol–water partition coefficient (Wildman–Crippen LogP) is -2.40. The van der Waals surface area contributed by atoms with Gasteiger partial charge in [-0.2, -0.15) is 0 Å². The van der Waals surface area contributed by atoms with E-state index in [1.807, 2.05) is 0 Å². The molecule has 0 saturated carbocycles. The number of para-hydroxylation sites is 1. The van der Waals surface area contributed by atoms with Crippen LogP contribution in [0.25, 0.3) is 0 Å². The molecular weight excluding hydrogens is 187 g/mol. The Kier molecular flexibility index (Phi) is 4.51. The molecule has 6 heteroatoms. The molecule has 0 aliphatic rings. The van der Waals surface area contributed by atoms with Gasteiger partial charge in [0, 0.05) is 0 Å². The fourth-order valence-electron chi connectivity index (χ4n) is 0.825. The number of hydrogen-bond acceptors (Lipinski definition) is 4. The Labute approximate surface area is 88.8 Å². The number of hydrogen-bond donors (Lipinski definition) is 0. The molecule has 13 heavy (non-hydrogen) atoms. The van der Waals surface area contributed by atoms with E-state index >= 15 is 0 Å². The minimum atomic E-state index is -4.42. The molecule has 1 aromatic rings. The summed E-state index contributed by atoms with van der Waals surface area (Å²) in [4.78, 5) is -0.326. The molecule has 4 nitrogen and oxygen atoms in total. The Hall–Kier alpha value is -0.473. The van der Waals surface area contributed by atoms with Crippen molar-refractivity contribution in [1.29, 1.82) is 0 Å². The van der Waals surface area contributed by atoms with Gasteiger partial charge in [0.2, 0.25) is 0 Å². The van der Waals surface area contributed by atoms with Gasteiger partial charge in [0.1, 0.15) is 15.9 Å². The minimum absolute atomic E-state index is 0. The monoisotopic (exact) mass is 194 g/mol. The van der Waals surface area contributed by atoms with Crippen molar-refractivity contribution in [2.75, 3.05) is 7.11 Å². The van der Waals surface area contributed by atoms with Crippen LogP contribution in [0.2, 0.25) is 0 Å². The van der Waals surface area contributed by atoms with Gasteiger partial charge in [-0.3, -0.25) is 0 Å². The third kappa shape index (κ3) is 3.05. The van der Waals surface area contributed by atoms with Gasteiger partial charge in [0.25, 0.3) is 0 Å². The van der Waals surface area contributed by atoms with Crippen molar-refractivity contribution in [2.24, 2.45) is 0 Å². The molecule has 0 aliphatic heterocycles. The molecule has 1 aromatic carbocycles. The van der Waals surface area contributed by atoms with E-state index in [4.69, 9.17) is 4.74 Å². The van der Waals surface area contributed by atoms with Crippen molar-refractivity contribution in [1.82, 2.24) is 0 Å².